The van der Waals surface area contributed by atoms with Crippen LogP contribution in [0.3, 0.4) is 0 Å². The minimum Gasteiger partial charge on any atom is -0.486 e. The van der Waals surface area contributed by atoms with E-state index in [4.69, 9.17) is 100 Å². The van der Waals surface area contributed by atoms with Gasteiger partial charge in [-0.2, -0.15) is 31.3 Å². The van der Waals surface area contributed by atoms with Crippen molar-refractivity contribution in [2.45, 2.75) is 26.2 Å². The number of alkyl halides is 6. The number of hydrogen-bond acceptors (Lipinski definition) is 30. The molecule has 6 aromatic carbocycles. The molecule has 37 nitrogen and oxygen atoms in total. The van der Waals surface area contributed by atoms with Gasteiger partial charge in [-0.15, -0.1) is 12.4 Å². The van der Waals surface area contributed by atoms with Crippen molar-refractivity contribution < 1.29 is 137 Å². The van der Waals surface area contributed by atoms with Crippen molar-refractivity contribution in [2.24, 2.45) is 5.73 Å². The summed E-state index contributed by atoms with van der Waals surface area (Å²) >= 11 is 17.8. The van der Waals surface area contributed by atoms with E-state index in [1.54, 1.807) is 57.3 Å². The van der Waals surface area contributed by atoms with Gasteiger partial charge >= 0.3 is 41.9 Å². The number of nitrogens with zero attached hydrogens (tertiary/aromatic N) is 5. The second-order valence-corrected chi connectivity index (χ2v) is 26.5. The highest BCUT2D eigenvalue weighted by atomic mass is 79.9. The van der Waals surface area contributed by atoms with E-state index in [0.29, 0.717) is 138 Å². The number of nitro groups is 1. The Labute approximate surface area is 719 Å². The van der Waals surface area contributed by atoms with Crippen LogP contribution in [0.2, 0.25) is 5.28 Å². The number of nitrogens with two attached hydrogens (primary N) is 3. The number of halogens is 12. The van der Waals surface area contributed by atoms with Crippen molar-refractivity contribution in [2.75, 3.05) is 141 Å². The molecule has 0 saturated carbocycles. The number of carboxylic acid groups (broad SMARTS) is 4. The van der Waals surface area contributed by atoms with Gasteiger partial charge in [0.25, 0.3) is 11.8 Å². The highest BCUT2D eigenvalue weighted by molar-refractivity contribution is 9.13. The molecule has 2 amide bonds. The SMILES string of the molecule is CCNc1nc(Cl)ncc1C(F)(F)F.CCNc1nc(Nc2ccc(C(=O)NC)c3c2OCCO3)ncc1C(F)(F)F.CN.CNC(=O)c1ccc(N)c2c1OCCO2.Cl.Nc1ccc(C(=O)O)c2c1OCCO2.O=C(O)c1c(Br)c(Br)c([N+](=O)[O-])c2c1OCCO2.O=C(O)c1c(Br)c(Br)cc2c1OCCO2.O=C(O)c1cccc2c1OCCO2. The first-order chi connectivity index (χ1) is 56.6. The van der Waals surface area contributed by atoms with Gasteiger partial charge in [-0.25, -0.2) is 34.1 Å². The Morgan fingerprint density at radius 1 is 0.492 bits per heavy atom. The molecule has 0 fully saturated rings. The van der Waals surface area contributed by atoms with Crippen molar-refractivity contribution in [1.29, 1.82) is 0 Å². The number of amides is 2. The second-order valence-electron chi connectivity index (χ2n) is 22.9. The molecule has 8 heterocycles. The van der Waals surface area contributed by atoms with Crippen LogP contribution in [0.1, 0.15) is 87.1 Å². The van der Waals surface area contributed by atoms with Gasteiger partial charge in [0.05, 0.1) is 42.1 Å². The topological polar surface area (TPSA) is 527 Å². The molecule has 0 radical (unpaired) electrons. The molecule has 0 aliphatic carbocycles. The minimum atomic E-state index is -4.58. The van der Waals surface area contributed by atoms with E-state index in [9.17, 15) is 65.2 Å². The lowest BCUT2D eigenvalue weighted by molar-refractivity contribution is -0.387. The lowest BCUT2D eigenvalue weighted by atomic mass is 10.1. The number of carbonyl (C=O) groups excluding carboxylic acids is 2. The molecule has 2 aromatic heterocycles. The first kappa shape index (κ1) is 97.2. The average Bonchev–Trinajstić information content (AvgIpc) is 0.756. The molecule has 0 spiro atoms. The number of nitro benzene ring substituents is 1. The van der Waals surface area contributed by atoms with Gasteiger partial charge in [-0.3, -0.25) is 19.7 Å². The first-order valence-electron chi connectivity index (χ1n) is 34.2. The zero-order chi connectivity index (χ0) is 87.8. The molecular weight excluding hydrogens is 1920 g/mol. The van der Waals surface area contributed by atoms with Crippen LogP contribution >= 0.6 is 87.7 Å². The average molecular weight is 1990 g/mol. The number of aromatic nitrogens is 4. The molecule has 648 valence electrons. The number of para-hydroxylation sites is 1. The number of carboxylic acids is 4. The maximum Gasteiger partial charge on any atom is 0.421 e. The Balaban J connectivity index is 0.000000220. The summed E-state index contributed by atoms with van der Waals surface area (Å²) in [5, 5.41) is 59.5. The number of nitrogen functional groups attached to an aromatic ring is 2. The van der Waals surface area contributed by atoms with Crippen molar-refractivity contribution >= 4 is 164 Å². The summed E-state index contributed by atoms with van der Waals surface area (Å²) in [4.78, 5) is 92.0. The molecule has 0 saturated heterocycles. The normalized spacial score (nSPS) is 12.9. The van der Waals surface area contributed by atoms with E-state index in [1.807, 2.05) is 0 Å². The molecule has 49 heteroatoms. The summed E-state index contributed by atoms with van der Waals surface area (Å²) in [6.07, 6.45) is -7.69. The van der Waals surface area contributed by atoms with Gasteiger partial charge < -0.3 is 121 Å². The quantitative estimate of drug-likeness (QED) is 0.0168. The van der Waals surface area contributed by atoms with Gasteiger partial charge in [0.1, 0.15) is 129 Å². The van der Waals surface area contributed by atoms with E-state index in [-0.39, 0.29) is 157 Å². The Bertz CT molecular complexity index is 5030. The molecule has 0 bridgehead atoms. The smallest absolute Gasteiger partial charge is 0.421 e. The minimum absolute atomic E-state index is 0. The zero-order valence-corrected chi connectivity index (χ0v) is 70.7. The highest BCUT2D eigenvalue weighted by Gasteiger charge is 2.39. The molecule has 8 aromatic rings. The number of rotatable bonds is 13. The molecule has 6 aliphatic rings. The fourth-order valence-corrected chi connectivity index (χ4v) is 12.5. The summed E-state index contributed by atoms with van der Waals surface area (Å²) in [5.74, 6) is -2.38. The van der Waals surface area contributed by atoms with Crippen LogP contribution in [-0.4, -0.2) is 194 Å². The predicted octanol–water partition coefficient (Wildman–Crippen LogP) is 12.9. The Morgan fingerprint density at radius 2 is 0.883 bits per heavy atom. The number of benzene rings is 6. The van der Waals surface area contributed by atoms with Gasteiger partial charge in [0.2, 0.25) is 17.0 Å². The number of ether oxygens (including phenoxy) is 12. The van der Waals surface area contributed by atoms with E-state index < -0.39 is 52.3 Å². The predicted molar refractivity (Wildman–Crippen MR) is 434 cm³/mol. The maximum absolute atomic E-state index is 13.1. The third-order valence-corrected chi connectivity index (χ3v) is 19.6. The third kappa shape index (κ3) is 24.5. The molecule has 120 heavy (non-hydrogen) atoms. The van der Waals surface area contributed by atoms with E-state index in [2.05, 4.69) is 116 Å². The summed E-state index contributed by atoms with van der Waals surface area (Å²) in [6, 6.07) is 15.7. The molecule has 0 unspecified atom stereocenters. The molecular formula is C71H71Br4Cl2F6N13O24. The van der Waals surface area contributed by atoms with Crippen LogP contribution in [0.25, 0.3) is 0 Å². The second kappa shape index (κ2) is 44.9. The Hall–Kier alpha value is -11.7. The summed E-state index contributed by atoms with van der Waals surface area (Å²) in [7, 11) is 4.55. The van der Waals surface area contributed by atoms with Crippen molar-refractivity contribution in [3.8, 4) is 69.0 Å². The number of fused-ring (bicyclic) bond motifs is 6. The van der Waals surface area contributed by atoms with E-state index >= 15 is 0 Å². The largest absolute Gasteiger partial charge is 0.486 e. The summed E-state index contributed by atoms with van der Waals surface area (Å²) < 4.78 is 141. The van der Waals surface area contributed by atoms with Crippen LogP contribution in [0.4, 0.5) is 66.7 Å². The van der Waals surface area contributed by atoms with Crippen LogP contribution in [-0.2, 0) is 12.4 Å². The zero-order valence-electron chi connectivity index (χ0n) is 62.8. The monoisotopic (exact) mass is 1990 g/mol. The van der Waals surface area contributed by atoms with Gasteiger partial charge in [0.15, 0.2) is 63.2 Å². The van der Waals surface area contributed by atoms with Crippen LogP contribution in [0.5, 0.6) is 69.0 Å². The molecule has 15 N–H and O–H groups in total. The number of carbonyl (C=O) groups is 6. The molecule has 14 rings (SSSR count). The Kier molecular flexibility index (Phi) is 36.4. The van der Waals surface area contributed by atoms with Crippen molar-refractivity contribution in [3.63, 3.8) is 0 Å². The number of hydrogen-bond donors (Lipinski definition) is 12. The Morgan fingerprint density at radius 3 is 1.36 bits per heavy atom. The number of nitrogens with one attached hydrogen (secondary N) is 5. The molecule has 6 aliphatic heterocycles. The van der Waals surface area contributed by atoms with Crippen LogP contribution in [0, 0.1) is 10.1 Å². The summed E-state index contributed by atoms with van der Waals surface area (Å²) in [6.45, 7) is 7.98. The third-order valence-electron chi connectivity index (χ3n) is 15.4. The fraction of sp³-hybridized carbons (Fsp3) is 0.296. The van der Waals surface area contributed by atoms with Crippen molar-refractivity contribution in [1.82, 2.24) is 30.6 Å². The van der Waals surface area contributed by atoms with Gasteiger partial charge in [0, 0.05) is 44.1 Å². The van der Waals surface area contributed by atoms with E-state index in [0.717, 1.165) is 0 Å². The fourth-order valence-electron chi connectivity index (χ4n) is 10.4. The van der Waals surface area contributed by atoms with Crippen molar-refractivity contribution in [3.05, 3.63) is 151 Å². The van der Waals surface area contributed by atoms with E-state index in [1.165, 1.54) is 38.4 Å². The van der Waals surface area contributed by atoms with Gasteiger partial charge in [-0.05, 0) is 151 Å². The molecule has 0 atom stereocenters. The lowest BCUT2D eigenvalue weighted by Gasteiger charge is -2.23. The maximum atomic E-state index is 13.1. The summed E-state index contributed by atoms with van der Waals surface area (Å²) in [5.41, 5.74) is 15.7. The number of anilines is 6. The lowest BCUT2D eigenvalue weighted by Crippen LogP contribution is -2.23. The highest BCUT2D eigenvalue weighted by Crippen LogP contribution is 2.52. The number of aromatic carboxylic acids is 4. The standard InChI is InChI=1S/C17H18F3N5O3.C10H12N2O3.C9H5Br2NO6.C9H6Br2O4.C9H9NO4.C9H8O4.C7H7ClF3N3.CH5N.ClH/c1-3-22-14-10(17(18,19)20)8-23-16(25-14)24-11-5-4-9(15(26)21-2)12-13(11)28-7-6-27-12;1-12-10(13)6-2-3-7(11)9-8(6)14-4-5-15-9;10-4-3(9(13)14)7-8(18-2-1-17-7)6(5(4)11)12(15)16;10-4-3-5-8(15-2-1-14-5)6(7(4)11)9(12)13;10-6-2-1-5(9(11)12)7-8(6)14-4-3-13-7;10-9(11)6-2-1-3-7-8(6)13-5-4-12-7;1-2-12-5-4(7(9,10)11)3-13-6(8)14-5;1-2;/h4-5,8H,3,6-7H2,1-2H3,(H,21,26)(H2,22,23,24,25);2-3H,4-5,11H2,1H3,(H,12,13);1-2H2,(H,13,14);3H,1-2H2,(H,12,13);1-2H,3-4,10H2,(H,11,12);1-3H,4-5H2,(H,10,11);3H,2H2,1H3,(H,12,13,14);2H2,1H3;1H. The van der Waals surface area contributed by atoms with Crippen LogP contribution < -0.4 is 101 Å². The first-order valence-corrected chi connectivity index (χ1v) is 37.8. The van der Waals surface area contributed by atoms with Gasteiger partial charge in [-0.1, -0.05) is 6.07 Å². The van der Waals surface area contributed by atoms with Crippen LogP contribution in [0.15, 0.2) is 90.9 Å².